The highest BCUT2D eigenvalue weighted by Gasteiger charge is 2.15. The van der Waals surface area contributed by atoms with Gasteiger partial charge in [0.15, 0.2) is 17.3 Å². The Labute approximate surface area is 138 Å². The molecule has 0 bridgehead atoms. The van der Waals surface area contributed by atoms with Gasteiger partial charge in [-0.25, -0.2) is 0 Å². The van der Waals surface area contributed by atoms with Gasteiger partial charge >= 0.3 is 0 Å². The smallest absolute Gasteiger partial charge is 0.287 e. The summed E-state index contributed by atoms with van der Waals surface area (Å²) in [6.07, 6.45) is 0. The lowest BCUT2D eigenvalue weighted by Crippen LogP contribution is -2.27. The van der Waals surface area contributed by atoms with E-state index < -0.39 is 0 Å². The van der Waals surface area contributed by atoms with Gasteiger partial charge in [0.05, 0.1) is 11.9 Å². The molecule has 0 aliphatic carbocycles. The molecule has 1 N–H and O–H groups in total. The third-order valence-corrected chi connectivity index (χ3v) is 3.46. The van der Waals surface area contributed by atoms with Crippen molar-refractivity contribution in [3.05, 3.63) is 41.9 Å². The van der Waals surface area contributed by atoms with Crippen LogP contribution in [0.15, 0.2) is 34.7 Å². The standard InChI is InChI=1S/C16H16ClNO5/c1-10(17)12-4-5-14(23-12)16(19)18-6-7-20-11-2-3-13-15(8-11)22-9-21-13/h2-5,8,10H,6-7,9H2,1H3,(H,18,19). The van der Waals surface area contributed by atoms with Crippen LogP contribution in [0.4, 0.5) is 0 Å². The van der Waals surface area contributed by atoms with Crippen LogP contribution in [0.3, 0.4) is 0 Å². The number of furan rings is 1. The second-order valence-corrected chi connectivity index (χ2v) is 5.59. The minimum absolute atomic E-state index is 0.223. The van der Waals surface area contributed by atoms with Crippen molar-refractivity contribution in [2.45, 2.75) is 12.3 Å². The van der Waals surface area contributed by atoms with Gasteiger partial charge in [0.25, 0.3) is 5.91 Å². The topological polar surface area (TPSA) is 69.9 Å². The van der Waals surface area contributed by atoms with Crippen LogP contribution in [-0.2, 0) is 0 Å². The van der Waals surface area contributed by atoms with Gasteiger partial charge in [-0.3, -0.25) is 4.79 Å². The van der Waals surface area contributed by atoms with E-state index in [9.17, 15) is 4.79 Å². The average molecular weight is 338 g/mol. The second kappa shape index (κ2) is 6.83. The lowest BCUT2D eigenvalue weighted by Gasteiger charge is -2.07. The minimum atomic E-state index is -0.303. The predicted molar refractivity (Wildman–Crippen MR) is 83.4 cm³/mol. The molecule has 2 aromatic rings. The van der Waals surface area contributed by atoms with E-state index in [2.05, 4.69) is 5.32 Å². The zero-order chi connectivity index (χ0) is 16.2. The van der Waals surface area contributed by atoms with Crippen LogP contribution in [-0.4, -0.2) is 25.9 Å². The van der Waals surface area contributed by atoms with Crippen LogP contribution in [0.1, 0.15) is 28.6 Å². The SMILES string of the molecule is CC(Cl)c1ccc(C(=O)NCCOc2ccc3c(c2)OCO3)o1. The summed E-state index contributed by atoms with van der Waals surface area (Å²) in [6, 6.07) is 8.62. The highest BCUT2D eigenvalue weighted by atomic mass is 35.5. The second-order valence-electron chi connectivity index (χ2n) is 4.94. The van der Waals surface area contributed by atoms with Gasteiger partial charge in [0, 0.05) is 6.07 Å². The summed E-state index contributed by atoms with van der Waals surface area (Å²) < 4.78 is 21.4. The van der Waals surface area contributed by atoms with Crippen molar-refractivity contribution in [3.8, 4) is 17.2 Å². The summed E-state index contributed by atoms with van der Waals surface area (Å²) in [6.45, 7) is 2.67. The molecule has 6 nitrogen and oxygen atoms in total. The van der Waals surface area contributed by atoms with E-state index in [1.807, 2.05) is 0 Å². The number of benzene rings is 1. The third kappa shape index (κ3) is 3.71. The van der Waals surface area contributed by atoms with E-state index in [1.54, 1.807) is 37.3 Å². The van der Waals surface area contributed by atoms with E-state index in [1.165, 1.54) is 0 Å². The third-order valence-electron chi connectivity index (χ3n) is 3.24. The molecule has 7 heteroatoms. The summed E-state index contributed by atoms with van der Waals surface area (Å²) in [5.74, 6) is 2.50. The Morgan fingerprint density at radius 3 is 2.91 bits per heavy atom. The van der Waals surface area contributed by atoms with Crippen LogP contribution >= 0.6 is 11.6 Å². The number of hydrogen-bond acceptors (Lipinski definition) is 5. The molecule has 0 radical (unpaired) electrons. The summed E-state index contributed by atoms with van der Waals surface area (Å²) in [7, 11) is 0. The van der Waals surface area contributed by atoms with Gasteiger partial charge in [-0.1, -0.05) is 0 Å². The molecule has 1 amide bonds. The normalized spacial score (nSPS) is 13.7. The number of hydrogen-bond donors (Lipinski definition) is 1. The molecular formula is C16H16ClNO5. The van der Waals surface area contributed by atoms with E-state index in [4.69, 9.17) is 30.2 Å². The van der Waals surface area contributed by atoms with Crippen LogP contribution in [0, 0.1) is 0 Å². The number of amides is 1. The molecule has 0 fully saturated rings. The molecular weight excluding hydrogens is 322 g/mol. The van der Waals surface area contributed by atoms with Crippen molar-refractivity contribution in [2.75, 3.05) is 19.9 Å². The number of carbonyl (C=O) groups excluding carboxylic acids is 1. The van der Waals surface area contributed by atoms with Gasteiger partial charge in [-0.2, -0.15) is 0 Å². The van der Waals surface area contributed by atoms with Crippen molar-refractivity contribution < 1.29 is 23.4 Å². The van der Waals surface area contributed by atoms with Crippen LogP contribution in [0.2, 0.25) is 0 Å². The number of alkyl halides is 1. The Kier molecular flexibility index (Phi) is 4.62. The van der Waals surface area contributed by atoms with Gasteiger partial charge in [0.2, 0.25) is 6.79 Å². The molecule has 0 saturated carbocycles. The van der Waals surface area contributed by atoms with Gasteiger partial charge < -0.3 is 23.9 Å². The van der Waals surface area contributed by atoms with Crippen LogP contribution in [0.25, 0.3) is 0 Å². The highest BCUT2D eigenvalue weighted by molar-refractivity contribution is 6.20. The maximum Gasteiger partial charge on any atom is 0.287 e. The Bertz CT molecular complexity index is 698. The molecule has 122 valence electrons. The van der Waals surface area contributed by atoms with Crippen molar-refractivity contribution in [2.24, 2.45) is 0 Å². The highest BCUT2D eigenvalue weighted by Crippen LogP contribution is 2.34. The zero-order valence-electron chi connectivity index (χ0n) is 12.5. The van der Waals surface area contributed by atoms with Gasteiger partial charge in [-0.15, -0.1) is 11.6 Å². The number of halogens is 1. The van der Waals surface area contributed by atoms with Gasteiger partial charge in [0.1, 0.15) is 18.1 Å². The lowest BCUT2D eigenvalue weighted by atomic mass is 10.3. The predicted octanol–water partition coefficient (Wildman–Crippen LogP) is 3.12. The molecule has 3 rings (SSSR count). The first-order valence-electron chi connectivity index (χ1n) is 7.18. The van der Waals surface area contributed by atoms with Crippen molar-refractivity contribution in [1.82, 2.24) is 5.32 Å². The molecule has 1 aromatic heterocycles. The summed E-state index contributed by atoms with van der Waals surface area (Å²) in [5, 5.41) is 2.44. The zero-order valence-corrected chi connectivity index (χ0v) is 13.3. The first kappa shape index (κ1) is 15.6. The van der Waals surface area contributed by atoms with Crippen molar-refractivity contribution in [3.63, 3.8) is 0 Å². The van der Waals surface area contributed by atoms with E-state index >= 15 is 0 Å². The maximum atomic E-state index is 11.9. The summed E-state index contributed by atoms with van der Waals surface area (Å²) in [5.41, 5.74) is 0. The molecule has 1 aliphatic heterocycles. The average Bonchev–Trinajstić information content (AvgIpc) is 3.19. The van der Waals surface area contributed by atoms with Crippen LogP contribution < -0.4 is 19.5 Å². The molecule has 0 spiro atoms. The van der Waals surface area contributed by atoms with Crippen molar-refractivity contribution >= 4 is 17.5 Å². The van der Waals surface area contributed by atoms with E-state index in [0.29, 0.717) is 36.2 Å². The number of carbonyl (C=O) groups is 1. The lowest BCUT2D eigenvalue weighted by molar-refractivity contribution is 0.0917. The maximum absolute atomic E-state index is 11.9. The fourth-order valence-electron chi connectivity index (χ4n) is 2.08. The molecule has 1 atom stereocenters. The summed E-state index contributed by atoms with van der Waals surface area (Å²) in [4.78, 5) is 11.9. The molecule has 1 unspecified atom stereocenters. The van der Waals surface area contributed by atoms with E-state index in [0.717, 1.165) is 0 Å². The van der Waals surface area contributed by atoms with Crippen LogP contribution in [0.5, 0.6) is 17.2 Å². The Hall–Kier alpha value is -2.34. The largest absolute Gasteiger partial charge is 0.492 e. The Morgan fingerprint density at radius 1 is 1.30 bits per heavy atom. The molecule has 2 heterocycles. The Morgan fingerprint density at radius 2 is 2.13 bits per heavy atom. The summed E-state index contributed by atoms with van der Waals surface area (Å²) >= 11 is 5.89. The van der Waals surface area contributed by atoms with Crippen molar-refractivity contribution in [1.29, 1.82) is 0 Å². The molecule has 1 aliphatic rings. The number of ether oxygens (including phenoxy) is 3. The number of fused-ring (bicyclic) bond motifs is 1. The fraction of sp³-hybridized carbons (Fsp3) is 0.312. The molecule has 1 aromatic carbocycles. The quantitative estimate of drug-likeness (QED) is 0.648. The monoisotopic (exact) mass is 337 g/mol. The number of rotatable bonds is 6. The minimum Gasteiger partial charge on any atom is -0.492 e. The first-order valence-corrected chi connectivity index (χ1v) is 7.61. The molecule has 0 saturated heterocycles. The fourth-order valence-corrected chi connectivity index (χ4v) is 2.19. The Balaban J connectivity index is 1.45. The first-order chi connectivity index (χ1) is 11.1. The molecule has 23 heavy (non-hydrogen) atoms. The number of nitrogens with one attached hydrogen (secondary N) is 1. The van der Waals surface area contributed by atoms with E-state index in [-0.39, 0.29) is 23.8 Å². The van der Waals surface area contributed by atoms with Gasteiger partial charge in [-0.05, 0) is 31.2 Å².